The molecule has 1 aromatic carbocycles. The molecule has 2 nitrogen and oxygen atoms in total. The van der Waals surface area contributed by atoms with E-state index >= 15 is 0 Å². The Labute approximate surface area is 200 Å². The monoisotopic (exact) mass is 482 g/mol. The molecule has 0 saturated carbocycles. The maximum Gasteiger partial charge on any atom is 0.137 e. The molecule has 0 saturated heterocycles. The zero-order valence-corrected chi connectivity index (χ0v) is 22.0. The molecule has 168 valence electrons. The lowest BCUT2D eigenvalue weighted by Gasteiger charge is -2.08. The number of rotatable bonds is 18. The Morgan fingerprint density at radius 1 is 0.567 bits per heavy atom. The molecule has 30 heavy (non-hydrogen) atoms. The van der Waals surface area contributed by atoms with Gasteiger partial charge < -0.3 is 0 Å². The van der Waals surface area contributed by atoms with Gasteiger partial charge in [0.25, 0.3) is 0 Å². The molecule has 0 spiro atoms. The lowest BCUT2D eigenvalue weighted by Crippen LogP contribution is -1.91. The third-order valence-electron chi connectivity index (χ3n) is 5.06. The summed E-state index contributed by atoms with van der Waals surface area (Å²) in [6.45, 7) is 4.55. The predicted octanol–water partition coefficient (Wildman–Crippen LogP) is 9.83. The standard InChI is InChI=1S/C24H38N2S4/c1-3-5-7-9-11-15-19-27-29-23-21-17-13-14-18-22(21)24(26-25-23)30-28-20-16-12-10-8-6-4-2/h13-14,17-18H,3-12,15-16,19-20H2,1-2H3. The van der Waals surface area contributed by atoms with Crippen molar-refractivity contribution in [3.8, 4) is 0 Å². The second-order valence-corrected chi connectivity index (χ2v) is 12.5. The molecular formula is C24H38N2S4. The topological polar surface area (TPSA) is 25.8 Å². The first kappa shape index (κ1) is 26.2. The summed E-state index contributed by atoms with van der Waals surface area (Å²) >= 11 is 0. The average molecular weight is 483 g/mol. The Morgan fingerprint density at radius 3 is 1.40 bits per heavy atom. The number of benzene rings is 1. The molecule has 6 heteroatoms. The number of hydrogen-bond acceptors (Lipinski definition) is 6. The van der Waals surface area contributed by atoms with Crippen LogP contribution in [0.15, 0.2) is 34.3 Å². The van der Waals surface area contributed by atoms with Gasteiger partial charge in [-0.1, -0.05) is 124 Å². The summed E-state index contributed by atoms with van der Waals surface area (Å²) in [5, 5.41) is 13.8. The van der Waals surface area contributed by atoms with E-state index in [4.69, 9.17) is 0 Å². The van der Waals surface area contributed by atoms with Crippen molar-refractivity contribution in [2.45, 2.75) is 101 Å². The van der Waals surface area contributed by atoms with Crippen LogP contribution >= 0.6 is 43.2 Å². The maximum atomic E-state index is 4.57. The molecule has 0 aliphatic carbocycles. The van der Waals surface area contributed by atoms with Gasteiger partial charge in [0.1, 0.15) is 10.1 Å². The molecule has 2 aromatic rings. The average Bonchev–Trinajstić information content (AvgIpc) is 2.78. The molecule has 0 aliphatic rings. The molecule has 0 bridgehead atoms. The Kier molecular flexibility index (Phi) is 15.3. The second kappa shape index (κ2) is 17.5. The van der Waals surface area contributed by atoms with Gasteiger partial charge >= 0.3 is 0 Å². The van der Waals surface area contributed by atoms with Gasteiger partial charge in [-0.25, -0.2) is 0 Å². The van der Waals surface area contributed by atoms with Crippen LogP contribution in [-0.2, 0) is 0 Å². The van der Waals surface area contributed by atoms with E-state index in [1.165, 1.54) is 99.3 Å². The van der Waals surface area contributed by atoms with E-state index in [0.29, 0.717) is 0 Å². The van der Waals surface area contributed by atoms with E-state index < -0.39 is 0 Å². The lowest BCUT2D eigenvalue weighted by molar-refractivity contribution is 0.627. The normalized spacial score (nSPS) is 11.4. The summed E-state index contributed by atoms with van der Waals surface area (Å²) < 4.78 is 0. The van der Waals surface area contributed by atoms with Crippen LogP contribution in [0.1, 0.15) is 90.9 Å². The van der Waals surface area contributed by atoms with Gasteiger partial charge in [0, 0.05) is 22.3 Å². The zero-order valence-electron chi connectivity index (χ0n) is 18.7. The van der Waals surface area contributed by atoms with Gasteiger partial charge in [-0.2, -0.15) is 0 Å². The molecule has 0 amide bonds. The Balaban J connectivity index is 1.74. The first-order valence-electron chi connectivity index (χ1n) is 11.7. The summed E-state index contributed by atoms with van der Waals surface area (Å²) in [5.41, 5.74) is 0. The van der Waals surface area contributed by atoms with E-state index in [1.54, 1.807) is 21.6 Å². The Bertz CT molecular complexity index is 637. The highest BCUT2D eigenvalue weighted by atomic mass is 33.1. The molecule has 0 radical (unpaired) electrons. The number of aromatic nitrogens is 2. The van der Waals surface area contributed by atoms with Crippen LogP contribution in [-0.4, -0.2) is 21.7 Å². The summed E-state index contributed by atoms with van der Waals surface area (Å²) in [5.74, 6) is 2.38. The first-order valence-corrected chi connectivity index (χ1v) is 16.3. The molecule has 0 unspecified atom stereocenters. The summed E-state index contributed by atoms with van der Waals surface area (Å²) in [6, 6.07) is 8.62. The van der Waals surface area contributed by atoms with Gasteiger partial charge in [-0.05, 0) is 34.4 Å². The van der Waals surface area contributed by atoms with Crippen LogP contribution in [0, 0.1) is 0 Å². The fourth-order valence-electron chi connectivity index (χ4n) is 3.26. The van der Waals surface area contributed by atoms with Crippen LogP contribution < -0.4 is 0 Å². The van der Waals surface area contributed by atoms with E-state index in [1.807, 2.05) is 21.6 Å². The van der Waals surface area contributed by atoms with Crippen LogP contribution in [0.2, 0.25) is 0 Å². The number of unbranched alkanes of at least 4 members (excludes halogenated alkanes) is 10. The van der Waals surface area contributed by atoms with E-state index in [-0.39, 0.29) is 0 Å². The molecule has 2 rings (SSSR count). The van der Waals surface area contributed by atoms with Gasteiger partial charge in [0.2, 0.25) is 0 Å². The van der Waals surface area contributed by atoms with E-state index in [9.17, 15) is 0 Å². The minimum Gasteiger partial charge on any atom is -0.141 e. The first-order chi connectivity index (χ1) is 14.9. The number of fused-ring (bicyclic) bond motifs is 1. The fourth-order valence-corrected chi connectivity index (χ4v) is 7.59. The molecule has 1 aromatic heterocycles. The SMILES string of the molecule is CCCCCCCCSSc1nnc(SSCCCCCCCC)c2ccccc12. The van der Waals surface area contributed by atoms with E-state index in [0.717, 1.165) is 10.1 Å². The second-order valence-electron chi connectivity index (χ2n) is 7.70. The largest absolute Gasteiger partial charge is 0.141 e. The molecule has 0 fully saturated rings. The van der Waals surface area contributed by atoms with Crippen molar-refractivity contribution in [3.05, 3.63) is 24.3 Å². The third kappa shape index (κ3) is 10.5. The van der Waals surface area contributed by atoms with Gasteiger partial charge in [0.15, 0.2) is 0 Å². The smallest absolute Gasteiger partial charge is 0.137 e. The zero-order chi connectivity index (χ0) is 21.3. The lowest BCUT2D eigenvalue weighted by atomic mass is 10.1. The highest BCUT2D eigenvalue weighted by Gasteiger charge is 2.10. The van der Waals surface area contributed by atoms with Crippen molar-refractivity contribution in [1.82, 2.24) is 10.2 Å². The van der Waals surface area contributed by atoms with Gasteiger partial charge in [-0.3, -0.25) is 0 Å². The fraction of sp³-hybridized carbons (Fsp3) is 0.667. The minimum absolute atomic E-state index is 1.06. The van der Waals surface area contributed by atoms with Crippen molar-refractivity contribution in [3.63, 3.8) is 0 Å². The predicted molar refractivity (Wildman–Crippen MR) is 143 cm³/mol. The van der Waals surface area contributed by atoms with Crippen LogP contribution in [0.4, 0.5) is 0 Å². The van der Waals surface area contributed by atoms with Crippen LogP contribution in [0.3, 0.4) is 0 Å². The molecular weight excluding hydrogens is 445 g/mol. The van der Waals surface area contributed by atoms with Crippen molar-refractivity contribution in [2.24, 2.45) is 0 Å². The van der Waals surface area contributed by atoms with Crippen molar-refractivity contribution in [2.75, 3.05) is 11.5 Å². The molecule has 0 N–H and O–H groups in total. The van der Waals surface area contributed by atoms with Crippen molar-refractivity contribution < 1.29 is 0 Å². The number of nitrogens with zero attached hydrogens (tertiary/aromatic N) is 2. The molecule has 1 heterocycles. The van der Waals surface area contributed by atoms with Gasteiger partial charge in [-0.15, -0.1) is 10.2 Å². The summed E-state index contributed by atoms with van der Waals surface area (Å²) in [6.07, 6.45) is 16.2. The van der Waals surface area contributed by atoms with Gasteiger partial charge in [0.05, 0.1) is 0 Å². The minimum atomic E-state index is 1.06. The summed E-state index contributed by atoms with van der Waals surface area (Å²) in [7, 11) is 7.44. The maximum absolute atomic E-state index is 4.57. The Morgan fingerprint density at radius 2 is 0.967 bits per heavy atom. The van der Waals surface area contributed by atoms with Crippen LogP contribution in [0.5, 0.6) is 0 Å². The van der Waals surface area contributed by atoms with Crippen molar-refractivity contribution in [1.29, 1.82) is 0 Å². The Hall–Kier alpha value is -0.0400. The number of hydrogen-bond donors (Lipinski definition) is 0. The molecule has 0 atom stereocenters. The van der Waals surface area contributed by atoms with Crippen molar-refractivity contribution >= 4 is 53.9 Å². The third-order valence-corrected chi connectivity index (χ3v) is 9.78. The highest BCUT2D eigenvalue weighted by molar-refractivity contribution is 8.77. The summed E-state index contributed by atoms with van der Waals surface area (Å²) in [4.78, 5) is 0. The van der Waals surface area contributed by atoms with Crippen LogP contribution in [0.25, 0.3) is 10.8 Å². The van der Waals surface area contributed by atoms with E-state index in [2.05, 4.69) is 48.3 Å². The highest BCUT2D eigenvalue weighted by Crippen LogP contribution is 2.40. The molecule has 0 aliphatic heterocycles. The quantitative estimate of drug-likeness (QED) is 0.155.